The number of halogens is 1. The van der Waals surface area contributed by atoms with Crippen LogP contribution in [0.2, 0.25) is 5.02 Å². The van der Waals surface area contributed by atoms with Crippen LogP contribution in [0.3, 0.4) is 0 Å². The van der Waals surface area contributed by atoms with Crippen molar-refractivity contribution in [3.8, 4) is 0 Å². The molecule has 1 unspecified atom stereocenters. The summed E-state index contributed by atoms with van der Waals surface area (Å²) in [5, 5.41) is 11.5. The highest BCUT2D eigenvalue weighted by molar-refractivity contribution is 6.46. The van der Waals surface area contributed by atoms with Crippen LogP contribution in [0.5, 0.6) is 0 Å². The van der Waals surface area contributed by atoms with E-state index in [9.17, 15) is 19.5 Å². The summed E-state index contributed by atoms with van der Waals surface area (Å²) in [5.74, 6) is -2.28. The predicted octanol–water partition coefficient (Wildman–Crippen LogP) is 4.75. The number of nitrogens with zero attached hydrogens (tertiary/aromatic N) is 1. The molecule has 7 heteroatoms. The van der Waals surface area contributed by atoms with Gasteiger partial charge < -0.3 is 14.7 Å². The van der Waals surface area contributed by atoms with Gasteiger partial charge in [-0.2, -0.15) is 0 Å². The lowest BCUT2D eigenvalue weighted by atomic mass is 9.94. The van der Waals surface area contributed by atoms with E-state index < -0.39 is 23.7 Å². The molecule has 0 saturated carbocycles. The molecular weight excluding hydrogens is 442 g/mol. The van der Waals surface area contributed by atoms with Gasteiger partial charge in [-0.3, -0.25) is 9.59 Å². The van der Waals surface area contributed by atoms with E-state index in [0.29, 0.717) is 21.7 Å². The lowest BCUT2D eigenvalue weighted by Crippen LogP contribution is -2.29. The first kappa shape index (κ1) is 22.3. The lowest BCUT2D eigenvalue weighted by molar-refractivity contribution is -0.140. The van der Waals surface area contributed by atoms with Crippen LogP contribution in [0, 0.1) is 0 Å². The number of Topliss-reactive ketones (excluding diaryl/α,β-unsaturated/α-hetero) is 1. The molecule has 1 atom stereocenters. The van der Waals surface area contributed by atoms with Crippen LogP contribution in [0.15, 0.2) is 84.4 Å². The van der Waals surface area contributed by atoms with Gasteiger partial charge in [-0.05, 0) is 47.5 Å². The summed E-state index contributed by atoms with van der Waals surface area (Å²) in [5.41, 5.74) is 2.09. The summed E-state index contributed by atoms with van der Waals surface area (Å²) in [6.07, 6.45) is 0. The SMILES string of the molecule is COC(=O)c1ccc(C2/C(=C(\O)c3ccc(Cl)cc3)C(=O)C(=O)N2Cc2ccccc2)cc1. The van der Waals surface area contributed by atoms with E-state index in [4.69, 9.17) is 16.3 Å². The number of carbonyl (C=O) groups is 3. The number of hydrogen-bond donors (Lipinski definition) is 1. The second kappa shape index (κ2) is 9.30. The van der Waals surface area contributed by atoms with Crippen molar-refractivity contribution < 1.29 is 24.2 Å². The third-order valence-corrected chi connectivity index (χ3v) is 5.75. The maximum atomic E-state index is 13.1. The molecule has 1 aliphatic rings. The number of aliphatic hydroxyl groups is 1. The van der Waals surface area contributed by atoms with Gasteiger partial charge in [0, 0.05) is 17.1 Å². The minimum Gasteiger partial charge on any atom is -0.507 e. The Morgan fingerprint density at radius 3 is 2.15 bits per heavy atom. The monoisotopic (exact) mass is 461 g/mol. The van der Waals surface area contributed by atoms with E-state index in [0.717, 1.165) is 5.56 Å². The highest BCUT2D eigenvalue weighted by Gasteiger charge is 2.46. The molecule has 1 fully saturated rings. The Morgan fingerprint density at radius 1 is 0.939 bits per heavy atom. The first-order valence-corrected chi connectivity index (χ1v) is 10.5. The normalized spacial score (nSPS) is 17.3. The highest BCUT2D eigenvalue weighted by atomic mass is 35.5. The van der Waals surface area contributed by atoms with Gasteiger partial charge in [-0.25, -0.2) is 4.79 Å². The molecule has 0 radical (unpaired) electrons. The number of aliphatic hydroxyl groups excluding tert-OH is 1. The summed E-state index contributed by atoms with van der Waals surface area (Å²) in [6, 6.07) is 21.2. The molecule has 33 heavy (non-hydrogen) atoms. The number of likely N-dealkylation sites (tertiary alicyclic amines) is 1. The number of esters is 1. The molecule has 0 bridgehead atoms. The third kappa shape index (κ3) is 4.38. The van der Waals surface area contributed by atoms with Crippen molar-refractivity contribution in [1.29, 1.82) is 0 Å². The second-order valence-electron chi connectivity index (χ2n) is 7.53. The Balaban J connectivity index is 1.84. The standard InChI is InChI=1S/C26H20ClNO5/c1-33-26(32)19-9-7-17(8-10-19)22-21(23(29)18-11-13-20(27)14-12-18)24(30)25(31)28(22)15-16-5-3-2-4-6-16/h2-14,22,29H,15H2,1H3/b23-21+. The van der Waals surface area contributed by atoms with Gasteiger partial charge in [0.2, 0.25) is 0 Å². The zero-order chi connectivity index (χ0) is 23.5. The van der Waals surface area contributed by atoms with E-state index in [1.165, 1.54) is 12.0 Å². The van der Waals surface area contributed by atoms with Crippen molar-refractivity contribution in [3.05, 3.63) is 112 Å². The van der Waals surface area contributed by atoms with Crippen molar-refractivity contribution >= 4 is 35.0 Å². The molecule has 1 aliphatic heterocycles. The Hall–Kier alpha value is -3.90. The minimum absolute atomic E-state index is 0.0240. The fourth-order valence-electron chi connectivity index (χ4n) is 3.85. The van der Waals surface area contributed by atoms with E-state index in [2.05, 4.69) is 0 Å². The van der Waals surface area contributed by atoms with Gasteiger partial charge in [0.25, 0.3) is 11.7 Å². The molecule has 0 aromatic heterocycles. The van der Waals surface area contributed by atoms with E-state index in [1.54, 1.807) is 48.5 Å². The first-order chi connectivity index (χ1) is 15.9. The van der Waals surface area contributed by atoms with Crippen molar-refractivity contribution in [3.63, 3.8) is 0 Å². The Labute approximate surface area is 195 Å². The quantitative estimate of drug-likeness (QED) is 0.256. The second-order valence-corrected chi connectivity index (χ2v) is 7.97. The van der Waals surface area contributed by atoms with E-state index in [-0.39, 0.29) is 17.9 Å². The first-order valence-electron chi connectivity index (χ1n) is 10.2. The van der Waals surface area contributed by atoms with Crippen molar-refractivity contribution in [2.24, 2.45) is 0 Å². The van der Waals surface area contributed by atoms with Crippen LogP contribution in [0.25, 0.3) is 5.76 Å². The van der Waals surface area contributed by atoms with Crippen molar-refractivity contribution in [1.82, 2.24) is 4.90 Å². The van der Waals surface area contributed by atoms with Crippen molar-refractivity contribution in [2.45, 2.75) is 12.6 Å². The summed E-state index contributed by atoms with van der Waals surface area (Å²) in [4.78, 5) is 39.4. The Bertz CT molecular complexity index is 1230. The maximum absolute atomic E-state index is 13.1. The largest absolute Gasteiger partial charge is 0.507 e. The zero-order valence-electron chi connectivity index (χ0n) is 17.7. The highest BCUT2D eigenvalue weighted by Crippen LogP contribution is 2.40. The van der Waals surface area contributed by atoms with Gasteiger partial charge in [-0.1, -0.05) is 54.1 Å². The van der Waals surface area contributed by atoms with Gasteiger partial charge in [0.05, 0.1) is 24.3 Å². The topological polar surface area (TPSA) is 83.9 Å². The molecule has 1 heterocycles. The molecular formula is C26H20ClNO5. The molecule has 166 valence electrons. The molecule has 3 aromatic carbocycles. The summed E-state index contributed by atoms with van der Waals surface area (Å²) >= 11 is 5.95. The average molecular weight is 462 g/mol. The number of hydrogen-bond acceptors (Lipinski definition) is 5. The summed E-state index contributed by atoms with van der Waals surface area (Å²) in [6.45, 7) is 0.173. The number of rotatable bonds is 5. The molecule has 3 aromatic rings. The summed E-state index contributed by atoms with van der Waals surface area (Å²) in [7, 11) is 1.29. The number of ketones is 1. The van der Waals surface area contributed by atoms with Gasteiger partial charge in [0.15, 0.2) is 0 Å². The fraction of sp³-hybridized carbons (Fsp3) is 0.115. The van der Waals surface area contributed by atoms with Crippen LogP contribution in [0.4, 0.5) is 0 Å². The minimum atomic E-state index is -0.840. The zero-order valence-corrected chi connectivity index (χ0v) is 18.5. The smallest absolute Gasteiger partial charge is 0.337 e. The summed E-state index contributed by atoms with van der Waals surface area (Å²) < 4.78 is 4.74. The van der Waals surface area contributed by atoms with Crippen LogP contribution in [-0.2, 0) is 20.9 Å². The number of carbonyl (C=O) groups excluding carboxylic acids is 3. The molecule has 1 N–H and O–H groups in total. The molecule has 0 spiro atoms. The molecule has 0 aliphatic carbocycles. The van der Waals surface area contributed by atoms with Gasteiger partial charge in [-0.15, -0.1) is 0 Å². The van der Waals surface area contributed by atoms with E-state index >= 15 is 0 Å². The van der Waals surface area contributed by atoms with E-state index in [1.807, 2.05) is 30.3 Å². The fourth-order valence-corrected chi connectivity index (χ4v) is 3.98. The predicted molar refractivity (Wildman–Crippen MR) is 124 cm³/mol. The Morgan fingerprint density at radius 2 is 1.55 bits per heavy atom. The molecule has 1 saturated heterocycles. The van der Waals surface area contributed by atoms with Crippen LogP contribution >= 0.6 is 11.6 Å². The number of methoxy groups -OCH3 is 1. The molecule has 1 amide bonds. The number of ether oxygens (including phenoxy) is 1. The maximum Gasteiger partial charge on any atom is 0.337 e. The third-order valence-electron chi connectivity index (χ3n) is 5.50. The molecule has 6 nitrogen and oxygen atoms in total. The van der Waals surface area contributed by atoms with Crippen molar-refractivity contribution in [2.75, 3.05) is 7.11 Å². The lowest BCUT2D eigenvalue weighted by Gasteiger charge is -2.25. The van der Waals surface area contributed by atoms with Crippen LogP contribution in [0.1, 0.15) is 33.1 Å². The van der Waals surface area contributed by atoms with Crippen LogP contribution < -0.4 is 0 Å². The van der Waals surface area contributed by atoms with Crippen LogP contribution in [-0.4, -0.2) is 34.8 Å². The number of amides is 1. The van der Waals surface area contributed by atoms with Gasteiger partial charge >= 0.3 is 5.97 Å². The van der Waals surface area contributed by atoms with Gasteiger partial charge in [0.1, 0.15) is 5.76 Å². The number of benzene rings is 3. The Kier molecular flexibility index (Phi) is 6.29. The molecule has 4 rings (SSSR count). The average Bonchev–Trinajstić information content (AvgIpc) is 3.09.